The molecule has 0 aliphatic carbocycles. The van der Waals surface area contributed by atoms with E-state index >= 15 is 0 Å². The Morgan fingerprint density at radius 3 is 1.58 bits per heavy atom. The summed E-state index contributed by atoms with van der Waals surface area (Å²) in [5.74, 6) is 0.221. The highest BCUT2D eigenvalue weighted by atomic mass is 16.8. The second kappa shape index (κ2) is 6.20. The van der Waals surface area contributed by atoms with Crippen LogP contribution in [-0.2, 0) is 4.94 Å². The van der Waals surface area contributed by atoms with Crippen molar-refractivity contribution < 1.29 is 15.2 Å². The molecule has 0 unspecified atom stereocenters. The molecule has 0 aliphatic heterocycles. The van der Waals surface area contributed by atoms with Gasteiger partial charge in [-0.3, -0.25) is 0 Å². The maximum Gasteiger partial charge on any atom is 0.124 e. The second-order valence-corrected chi connectivity index (χ2v) is 3.67. The van der Waals surface area contributed by atoms with Crippen molar-refractivity contribution in [3.63, 3.8) is 0 Å². The van der Waals surface area contributed by atoms with E-state index in [0.717, 1.165) is 0 Å². The molecule has 5 nitrogen and oxygen atoms in total. The van der Waals surface area contributed by atoms with Crippen LogP contribution in [-0.4, -0.2) is 22.6 Å². The molecule has 0 atom stereocenters. The summed E-state index contributed by atoms with van der Waals surface area (Å²) in [6, 6.07) is 13.4. The van der Waals surface area contributed by atoms with Crippen molar-refractivity contribution in [1.29, 1.82) is 0 Å². The Bertz CT molecular complexity index is 556. The molecule has 0 amide bonds. The molecule has 0 bridgehead atoms. The van der Waals surface area contributed by atoms with E-state index in [-0.39, 0.29) is 11.5 Å². The van der Waals surface area contributed by atoms with Crippen LogP contribution in [0.15, 0.2) is 58.8 Å². The SMILES string of the molecule is Oc1ccccc1/C=N/O/N=C/c1ccccc1O. The number of hydrogen-bond donors (Lipinski definition) is 2. The van der Waals surface area contributed by atoms with E-state index in [1.807, 2.05) is 0 Å². The lowest BCUT2D eigenvalue weighted by atomic mass is 10.2. The molecule has 2 aromatic rings. The smallest absolute Gasteiger partial charge is 0.124 e. The van der Waals surface area contributed by atoms with Crippen molar-refractivity contribution >= 4 is 12.4 Å². The van der Waals surface area contributed by atoms with E-state index in [1.165, 1.54) is 12.4 Å². The summed E-state index contributed by atoms with van der Waals surface area (Å²) in [4.78, 5) is 4.67. The third-order valence-corrected chi connectivity index (χ3v) is 2.35. The molecule has 5 heteroatoms. The largest absolute Gasteiger partial charge is 0.507 e. The van der Waals surface area contributed by atoms with Gasteiger partial charge in [-0.2, -0.15) is 0 Å². The molecule has 0 aromatic heterocycles. The molecule has 0 heterocycles. The number of benzene rings is 2. The molecule has 2 rings (SSSR count). The summed E-state index contributed by atoms with van der Waals surface area (Å²) in [5.41, 5.74) is 1.06. The standard InChI is InChI=1S/C14H12N2O3/c17-13-7-3-1-5-11(13)9-15-19-16-10-12-6-2-4-8-14(12)18/h1-10,17-18H/b15-9+,16-10+. The fourth-order valence-corrected chi connectivity index (χ4v) is 1.38. The van der Waals surface area contributed by atoms with Gasteiger partial charge >= 0.3 is 0 Å². The molecule has 2 N–H and O–H groups in total. The average molecular weight is 256 g/mol. The van der Waals surface area contributed by atoms with E-state index in [1.54, 1.807) is 48.5 Å². The normalized spacial score (nSPS) is 11.2. The van der Waals surface area contributed by atoms with Crippen molar-refractivity contribution in [2.75, 3.05) is 0 Å². The van der Waals surface area contributed by atoms with Crippen LogP contribution in [0.4, 0.5) is 0 Å². The molecule has 0 saturated carbocycles. The molecular weight excluding hydrogens is 244 g/mol. The Labute approximate surface area is 110 Å². The summed E-state index contributed by atoms with van der Waals surface area (Å²) < 4.78 is 0. The van der Waals surface area contributed by atoms with Gasteiger partial charge in [-0.05, 0) is 24.3 Å². The van der Waals surface area contributed by atoms with Gasteiger partial charge < -0.3 is 10.2 Å². The van der Waals surface area contributed by atoms with Crippen LogP contribution in [0.5, 0.6) is 11.5 Å². The summed E-state index contributed by atoms with van der Waals surface area (Å²) in [6.45, 7) is 0. The highest BCUT2D eigenvalue weighted by molar-refractivity contribution is 5.83. The van der Waals surface area contributed by atoms with E-state index in [2.05, 4.69) is 15.2 Å². The van der Waals surface area contributed by atoms with Gasteiger partial charge in [0.25, 0.3) is 0 Å². The lowest BCUT2D eigenvalue weighted by Gasteiger charge is -1.96. The number of rotatable bonds is 4. The molecule has 0 fully saturated rings. The lowest BCUT2D eigenvalue weighted by molar-refractivity contribution is 0.159. The second-order valence-electron chi connectivity index (χ2n) is 3.67. The minimum absolute atomic E-state index is 0.111. The first-order valence-corrected chi connectivity index (χ1v) is 5.56. The molecule has 0 saturated heterocycles. The highest BCUT2D eigenvalue weighted by Crippen LogP contribution is 2.13. The number of nitrogens with zero attached hydrogens (tertiary/aromatic N) is 2. The van der Waals surface area contributed by atoms with Crippen LogP contribution in [0.3, 0.4) is 0 Å². The van der Waals surface area contributed by atoms with Crippen LogP contribution in [0.1, 0.15) is 11.1 Å². The molecule has 2 aromatic carbocycles. The Balaban J connectivity index is 1.94. The lowest BCUT2D eigenvalue weighted by Crippen LogP contribution is -1.84. The summed E-state index contributed by atoms with van der Waals surface area (Å²) in [5, 5.41) is 26.1. The van der Waals surface area contributed by atoms with Gasteiger partial charge in [0.1, 0.15) is 11.5 Å². The Morgan fingerprint density at radius 2 is 1.16 bits per heavy atom. The molecule has 96 valence electrons. The predicted octanol–water partition coefficient (Wildman–Crippen LogP) is 2.48. The molecule has 19 heavy (non-hydrogen) atoms. The Hall–Kier alpha value is -2.82. The van der Waals surface area contributed by atoms with Gasteiger partial charge in [0, 0.05) is 11.1 Å². The van der Waals surface area contributed by atoms with Crippen LogP contribution >= 0.6 is 0 Å². The molecular formula is C14H12N2O3. The van der Waals surface area contributed by atoms with E-state index in [4.69, 9.17) is 0 Å². The zero-order valence-corrected chi connectivity index (χ0v) is 9.97. The van der Waals surface area contributed by atoms with Gasteiger partial charge in [-0.25, -0.2) is 4.94 Å². The number of para-hydroxylation sites is 2. The number of hydrogen-bond acceptors (Lipinski definition) is 5. The maximum absolute atomic E-state index is 9.46. The topological polar surface area (TPSA) is 74.4 Å². The predicted molar refractivity (Wildman–Crippen MR) is 72.5 cm³/mol. The fraction of sp³-hybridized carbons (Fsp3) is 0. The maximum atomic E-state index is 9.46. The third-order valence-electron chi connectivity index (χ3n) is 2.35. The van der Waals surface area contributed by atoms with Crippen LogP contribution in [0.2, 0.25) is 0 Å². The zero-order valence-electron chi connectivity index (χ0n) is 9.97. The highest BCUT2D eigenvalue weighted by Gasteiger charge is 1.95. The van der Waals surface area contributed by atoms with Gasteiger partial charge in [0.15, 0.2) is 0 Å². The van der Waals surface area contributed by atoms with Crippen molar-refractivity contribution in [2.45, 2.75) is 0 Å². The van der Waals surface area contributed by atoms with Crippen LogP contribution < -0.4 is 0 Å². The molecule has 0 spiro atoms. The van der Waals surface area contributed by atoms with E-state index < -0.39 is 0 Å². The zero-order chi connectivity index (χ0) is 13.5. The monoisotopic (exact) mass is 256 g/mol. The first kappa shape index (κ1) is 12.6. The first-order chi connectivity index (χ1) is 9.27. The number of aromatic hydroxyl groups is 2. The Kier molecular flexibility index (Phi) is 4.12. The van der Waals surface area contributed by atoms with Gasteiger partial charge in [0.2, 0.25) is 0 Å². The minimum Gasteiger partial charge on any atom is -0.507 e. The van der Waals surface area contributed by atoms with Gasteiger partial charge in [-0.15, -0.1) is 0 Å². The Morgan fingerprint density at radius 1 is 0.737 bits per heavy atom. The minimum atomic E-state index is 0.111. The van der Waals surface area contributed by atoms with Crippen LogP contribution in [0.25, 0.3) is 0 Å². The molecule has 0 radical (unpaired) electrons. The summed E-state index contributed by atoms with van der Waals surface area (Å²) in [7, 11) is 0. The van der Waals surface area contributed by atoms with E-state index in [9.17, 15) is 10.2 Å². The van der Waals surface area contributed by atoms with Gasteiger partial charge in [-0.1, -0.05) is 34.6 Å². The quantitative estimate of drug-likeness (QED) is 0.652. The van der Waals surface area contributed by atoms with Gasteiger partial charge in [0.05, 0.1) is 12.4 Å². The molecule has 0 aliphatic rings. The van der Waals surface area contributed by atoms with Crippen molar-refractivity contribution in [3.8, 4) is 11.5 Å². The number of phenolic OH excluding ortho intramolecular Hbond substituents is 2. The van der Waals surface area contributed by atoms with Crippen molar-refractivity contribution in [3.05, 3.63) is 59.7 Å². The number of phenols is 2. The average Bonchev–Trinajstić information content (AvgIpc) is 2.42. The number of oxime groups is 2. The summed E-state index contributed by atoms with van der Waals surface area (Å²) in [6.07, 6.45) is 2.69. The van der Waals surface area contributed by atoms with Crippen LogP contribution in [0, 0.1) is 0 Å². The third kappa shape index (κ3) is 3.57. The van der Waals surface area contributed by atoms with Crippen molar-refractivity contribution in [1.82, 2.24) is 0 Å². The van der Waals surface area contributed by atoms with E-state index in [0.29, 0.717) is 11.1 Å². The summed E-state index contributed by atoms with van der Waals surface area (Å²) >= 11 is 0. The first-order valence-electron chi connectivity index (χ1n) is 5.56. The fourth-order valence-electron chi connectivity index (χ4n) is 1.38. The van der Waals surface area contributed by atoms with Crippen molar-refractivity contribution in [2.24, 2.45) is 10.3 Å².